The molecular formula is C32H31NO6. The van der Waals surface area contributed by atoms with Gasteiger partial charge in [-0.25, -0.2) is 0 Å². The molecule has 7 nitrogen and oxygen atoms in total. The number of hydrogen-bond donors (Lipinski definition) is 0. The van der Waals surface area contributed by atoms with Crippen LogP contribution < -0.4 is 14.2 Å². The number of Topliss-reactive ketones (excluding diaryl/α,β-unsaturated/α-hetero) is 1. The fourth-order valence-electron chi connectivity index (χ4n) is 5.59. The second-order valence-corrected chi connectivity index (χ2v) is 9.72. The zero-order valence-corrected chi connectivity index (χ0v) is 22.5. The number of hydrogen-bond acceptors (Lipinski definition) is 7. The predicted octanol–water partition coefficient (Wildman–Crippen LogP) is 6.24. The standard InChI is InChI=1S/C32H31NO6/c1-19-29(32(35)38-4)30(21-9-8-12-24(15-21)39-23-10-6-5-7-11-23)31-25(33-19)16-22(17-26(31)34)20-13-14-27(36-2)28(18-20)37-3/h5-15,18,22,29-30H,16-17H2,1-4H3/t22-,29?,30-/m0/s1. The molecule has 1 aliphatic heterocycles. The normalized spacial score (nSPS) is 20.6. The Kier molecular flexibility index (Phi) is 7.50. The number of ketones is 1. The minimum atomic E-state index is -0.706. The van der Waals surface area contributed by atoms with Gasteiger partial charge < -0.3 is 18.9 Å². The Labute approximate surface area is 228 Å². The second-order valence-electron chi connectivity index (χ2n) is 9.72. The molecule has 1 heterocycles. The van der Waals surface area contributed by atoms with Crippen molar-refractivity contribution in [3.8, 4) is 23.0 Å². The highest BCUT2D eigenvalue weighted by molar-refractivity contribution is 6.09. The number of esters is 1. The molecule has 1 aliphatic carbocycles. The number of allylic oxidation sites excluding steroid dienone is 2. The molecule has 3 aromatic rings. The quantitative estimate of drug-likeness (QED) is 0.340. The lowest BCUT2D eigenvalue weighted by atomic mass is 9.69. The van der Waals surface area contributed by atoms with E-state index in [-0.39, 0.29) is 11.7 Å². The van der Waals surface area contributed by atoms with Crippen molar-refractivity contribution in [1.29, 1.82) is 0 Å². The predicted molar refractivity (Wildman–Crippen MR) is 148 cm³/mol. The van der Waals surface area contributed by atoms with Crippen molar-refractivity contribution in [1.82, 2.24) is 0 Å². The summed E-state index contributed by atoms with van der Waals surface area (Å²) < 4.78 is 22.1. The maximum atomic E-state index is 13.8. The van der Waals surface area contributed by atoms with E-state index in [9.17, 15) is 9.59 Å². The number of para-hydroxylation sites is 1. The van der Waals surface area contributed by atoms with E-state index in [4.69, 9.17) is 23.9 Å². The number of aliphatic imine (C=N–C) groups is 1. The topological polar surface area (TPSA) is 83.4 Å². The Bertz CT molecular complexity index is 1460. The number of nitrogens with zero attached hydrogens (tertiary/aromatic N) is 1. The van der Waals surface area contributed by atoms with Crippen molar-refractivity contribution in [2.45, 2.75) is 31.6 Å². The van der Waals surface area contributed by atoms with Gasteiger partial charge in [-0.3, -0.25) is 14.6 Å². The summed E-state index contributed by atoms with van der Waals surface area (Å²) >= 11 is 0. The van der Waals surface area contributed by atoms with Crippen LogP contribution in [0.4, 0.5) is 0 Å². The molecule has 0 N–H and O–H groups in total. The van der Waals surface area contributed by atoms with Gasteiger partial charge in [-0.1, -0.05) is 36.4 Å². The molecule has 0 saturated heterocycles. The van der Waals surface area contributed by atoms with Crippen LogP contribution in [0, 0.1) is 5.92 Å². The Hall–Kier alpha value is -4.39. The van der Waals surface area contributed by atoms with E-state index in [1.54, 1.807) is 14.2 Å². The molecule has 1 unspecified atom stereocenters. The zero-order chi connectivity index (χ0) is 27.5. The first-order valence-electron chi connectivity index (χ1n) is 12.9. The minimum Gasteiger partial charge on any atom is -0.493 e. The van der Waals surface area contributed by atoms with Crippen LogP contribution in [0.25, 0.3) is 0 Å². The molecule has 0 aromatic heterocycles. The van der Waals surface area contributed by atoms with Gasteiger partial charge in [-0.05, 0) is 66.8 Å². The van der Waals surface area contributed by atoms with Gasteiger partial charge in [0.1, 0.15) is 17.4 Å². The highest BCUT2D eigenvalue weighted by Gasteiger charge is 2.44. The summed E-state index contributed by atoms with van der Waals surface area (Å²) in [7, 11) is 4.55. The van der Waals surface area contributed by atoms with Gasteiger partial charge in [0.05, 0.1) is 21.3 Å². The van der Waals surface area contributed by atoms with Crippen molar-refractivity contribution < 1.29 is 28.5 Å². The fourth-order valence-corrected chi connectivity index (χ4v) is 5.59. The van der Waals surface area contributed by atoms with E-state index in [1.807, 2.05) is 79.7 Å². The molecule has 3 atom stereocenters. The van der Waals surface area contributed by atoms with Crippen molar-refractivity contribution in [2.75, 3.05) is 21.3 Å². The first kappa shape index (κ1) is 26.2. The van der Waals surface area contributed by atoms with Crippen LogP contribution in [-0.4, -0.2) is 38.8 Å². The summed E-state index contributed by atoms with van der Waals surface area (Å²) in [6.45, 7) is 1.83. The Morgan fingerprint density at radius 1 is 0.821 bits per heavy atom. The largest absolute Gasteiger partial charge is 0.493 e. The Morgan fingerprint density at radius 2 is 1.56 bits per heavy atom. The van der Waals surface area contributed by atoms with Gasteiger partial charge in [-0.2, -0.15) is 0 Å². The van der Waals surface area contributed by atoms with E-state index in [2.05, 4.69) is 0 Å². The van der Waals surface area contributed by atoms with Crippen LogP contribution in [0.15, 0.2) is 89.1 Å². The molecule has 0 radical (unpaired) electrons. The summed E-state index contributed by atoms with van der Waals surface area (Å²) in [6.07, 6.45) is 0.867. The third-order valence-electron chi connectivity index (χ3n) is 7.42. The second kappa shape index (κ2) is 11.2. The van der Waals surface area contributed by atoms with E-state index >= 15 is 0 Å². The van der Waals surface area contributed by atoms with E-state index in [1.165, 1.54) is 7.11 Å². The molecular weight excluding hydrogens is 494 g/mol. The third-order valence-corrected chi connectivity index (χ3v) is 7.42. The summed E-state index contributed by atoms with van der Waals surface area (Å²) in [4.78, 5) is 31.7. The summed E-state index contributed by atoms with van der Waals surface area (Å²) in [5.74, 6) is 0.819. The number of methoxy groups -OCH3 is 3. The molecule has 5 rings (SSSR count). The minimum absolute atomic E-state index is 0.0273. The lowest BCUT2D eigenvalue weighted by Gasteiger charge is -2.36. The summed E-state index contributed by atoms with van der Waals surface area (Å²) in [6, 6.07) is 22.8. The maximum absolute atomic E-state index is 13.8. The SMILES string of the molecule is COC(=O)C1C(C)=NC2=C(C(=O)C[C@@H](c3ccc(OC)c(OC)c3)C2)[C@H]1c1cccc(Oc2ccccc2)c1. The molecule has 200 valence electrons. The Morgan fingerprint density at radius 3 is 2.28 bits per heavy atom. The first-order chi connectivity index (χ1) is 18.9. The molecule has 7 heteroatoms. The van der Waals surface area contributed by atoms with E-state index in [0.29, 0.717) is 52.8 Å². The van der Waals surface area contributed by atoms with Crippen LogP contribution >= 0.6 is 0 Å². The average Bonchev–Trinajstić information content (AvgIpc) is 2.96. The van der Waals surface area contributed by atoms with E-state index in [0.717, 1.165) is 11.1 Å². The van der Waals surface area contributed by atoms with Gasteiger partial charge in [-0.15, -0.1) is 0 Å². The van der Waals surface area contributed by atoms with Crippen LogP contribution in [-0.2, 0) is 14.3 Å². The average molecular weight is 526 g/mol. The van der Waals surface area contributed by atoms with Crippen molar-refractivity contribution in [2.24, 2.45) is 10.9 Å². The lowest BCUT2D eigenvalue weighted by Crippen LogP contribution is -2.37. The lowest BCUT2D eigenvalue weighted by molar-refractivity contribution is -0.143. The van der Waals surface area contributed by atoms with Crippen molar-refractivity contribution in [3.63, 3.8) is 0 Å². The van der Waals surface area contributed by atoms with Crippen molar-refractivity contribution in [3.05, 3.63) is 95.2 Å². The van der Waals surface area contributed by atoms with Gasteiger partial charge in [0.25, 0.3) is 0 Å². The van der Waals surface area contributed by atoms with Gasteiger partial charge in [0.15, 0.2) is 17.3 Å². The van der Waals surface area contributed by atoms with Crippen molar-refractivity contribution >= 4 is 17.5 Å². The van der Waals surface area contributed by atoms with Crippen LogP contribution in [0.1, 0.15) is 42.7 Å². The number of carbonyl (C=O) groups excluding carboxylic acids is 2. The highest BCUT2D eigenvalue weighted by atomic mass is 16.5. The smallest absolute Gasteiger partial charge is 0.315 e. The molecule has 39 heavy (non-hydrogen) atoms. The fraction of sp³-hybridized carbons (Fsp3) is 0.281. The molecule has 3 aromatic carbocycles. The van der Waals surface area contributed by atoms with Gasteiger partial charge >= 0.3 is 5.97 Å². The molecule has 0 saturated carbocycles. The Balaban J connectivity index is 1.55. The highest BCUT2D eigenvalue weighted by Crippen LogP contribution is 2.48. The van der Waals surface area contributed by atoms with Gasteiger partial charge in [0.2, 0.25) is 0 Å². The molecule has 0 bridgehead atoms. The molecule has 0 spiro atoms. The summed E-state index contributed by atoms with van der Waals surface area (Å²) in [5.41, 5.74) is 3.69. The first-order valence-corrected chi connectivity index (χ1v) is 12.9. The molecule has 0 amide bonds. The number of benzene rings is 3. The van der Waals surface area contributed by atoms with Gasteiger partial charge in [0, 0.05) is 29.3 Å². The zero-order valence-electron chi connectivity index (χ0n) is 22.5. The monoisotopic (exact) mass is 525 g/mol. The maximum Gasteiger partial charge on any atom is 0.315 e. The molecule has 2 aliphatic rings. The van der Waals surface area contributed by atoms with E-state index < -0.39 is 17.8 Å². The number of carbonyl (C=O) groups is 2. The summed E-state index contributed by atoms with van der Waals surface area (Å²) in [5, 5.41) is 0. The third kappa shape index (κ3) is 5.17. The number of ether oxygens (including phenoxy) is 4. The van der Waals surface area contributed by atoms with Crippen LogP contribution in [0.3, 0.4) is 0 Å². The van der Waals surface area contributed by atoms with Crippen LogP contribution in [0.5, 0.6) is 23.0 Å². The molecule has 0 fully saturated rings. The van der Waals surface area contributed by atoms with Crippen LogP contribution in [0.2, 0.25) is 0 Å². The number of rotatable bonds is 7.